The number of anilines is 3. The fraction of sp³-hybridized carbons (Fsp3) is 0.188. The highest BCUT2D eigenvalue weighted by molar-refractivity contribution is 5.93. The van der Waals surface area contributed by atoms with Crippen molar-refractivity contribution in [2.75, 3.05) is 10.6 Å². The molecule has 0 aliphatic heterocycles. The van der Waals surface area contributed by atoms with Crippen molar-refractivity contribution in [3.05, 3.63) is 48.2 Å². The molecule has 2 N–H and O–H groups in total. The van der Waals surface area contributed by atoms with Gasteiger partial charge >= 0.3 is 0 Å². The van der Waals surface area contributed by atoms with Crippen molar-refractivity contribution in [1.82, 2.24) is 4.98 Å². The SMILES string of the molecule is N#Cc1ccccc1Nc1ccc(NC(=O)C2CC2)nc1. The van der Waals surface area contributed by atoms with Gasteiger partial charge < -0.3 is 10.6 Å². The van der Waals surface area contributed by atoms with Crippen molar-refractivity contribution < 1.29 is 4.79 Å². The van der Waals surface area contributed by atoms with Gasteiger partial charge in [-0.15, -0.1) is 0 Å². The molecule has 1 amide bonds. The summed E-state index contributed by atoms with van der Waals surface area (Å²) in [5.74, 6) is 0.746. The Morgan fingerprint density at radius 3 is 2.71 bits per heavy atom. The smallest absolute Gasteiger partial charge is 0.228 e. The molecule has 104 valence electrons. The number of benzene rings is 1. The van der Waals surface area contributed by atoms with E-state index in [1.807, 2.05) is 24.3 Å². The van der Waals surface area contributed by atoms with Crippen molar-refractivity contribution in [2.45, 2.75) is 12.8 Å². The van der Waals surface area contributed by atoms with E-state index in [1.165, 1.54) is 0 Å². The Hall–Kier alpha value is -2.87. The monoisotopic (exact) mass is 278 g/mol. The van der Waals surface area contributed by atoms with E-state index >= 15 is 0 Å². The Balaban J connectivity index is 1.69. The normalized spacial score (nSPS) is 13.3. The highest BCUT2D eigenvalue weighted by Crippen LogP contribution is 2.30. The van der Waals surface area contributed by atoms with E-state index in [2.05, 4.69) is 21.7 Å². The molecule has 2 aromatic rings. The molecule has 0 spiro atoms. The molecule has 5 nitrogen and oxygen atoms in total. The number of hydrogen-bond donors (Lipinski definition) is 2. The van der Waals surface area contributed by atoms with Crippen LogP contribution < -0.4 is 10.6 Å². The maximum absolute atomic E-state index is 11.6. The molecule has 1 aliphatic rings. The van der Waals surface area contributed by atoms with Crippen LogP contribution in [0.3, 0.4) is 0 Å². The molecule has 0 saturated heterocycles. The fourth-order valence-electron chi connectivity index (χ4n) is 1.96. The first-order valence-electron chi connectivity index (χ1n) is 6.79. The molecular formula is C16H14N4O. The van der Waals surface area contributed by atoms with Crippen LogP contribution in [0.4, 0.5) is 17.2 Å². The summed E-state index contributed by atoms with van der Waals surface area (Å²) in [6, 6.07) is 13.0. The molecule has 1 fully saturated rings. The van der Waals surface area contributed by atoms with Gasteiger partial charge in [-0.3, -0.25) is 4.79 Å². The lowest BCUT2D eigenvalue weighted by atomic mass is 10.2. The third-order valence-corrected chi connectivity index (χ3v) is 3.29. The number of aromatic nitrogens is 1. The standard InChI is InChI=1S/C16H14N4O/c17-9-12-3-1-2-4-14(12)19-13-7-8-15(18-10-13)20-16(21)11-5-6-11/h1-4,7-8,10-11,19H,5-6H2,(H,18,20,21). The van der Waals surface area contributed by atoms with Gasteiger partial charge in [0.1, 0.15) is 11.9 Å². The van der Waals surface area contributed by atoms with E-state index in [-0.39, 0.29) is 11.8 Å². The van der Waals surface area contributed by atoms with Gasteiger partial charge in [-0.25, -0.2) is 4.98 Å². The van der Waals surface area contributed by atoms with Gasteiger partial charge in [0.25, 0.3) is 0 Å². The molecule has 1 aromatic heterocycles. The number of pyridine rings is 1. The van der Waals surface area contributed by atoms with Crippen LogP contribution in [0.2, 0.25) is 0 Å². The zero-order valence-electron chi connectivity index (χ0n) is 11.3. The summed E-state index contributed by atoms with van der Waals surface area (Å²) in [7, 11) is 0. The molecule has 1 aromatic carbocycles. The van der Waals surface area contributed by atoms with E-state index in [4.69, 9.17) is 5.26 Å². The number of carbonyl (C=O) groups excluding carboxylic acids is 1. The number of nitrogens with zero attached hydrogens (tertiary/aromatic N) is 2. The second-order valence-electron chi connectivity index (χ2n) is 4.98. The topological polar surface area (TPSA) is 77.8 Å². The van der Waals surface area contributed by atoms with Crippen LogP contribution in [0.15, 0.2) is 42.6 Å². The zero-order valence-corrected chi connectivity index (χ0v) is 11.3. The lowest BCUT2D eigenvalue weighted by molar-refractivity contribution is -0.117. The Kier molecular flexibility index (Phi) is 3.52. The number of amides is 1. The van der Waals surface area contributed by atoms with E-state index in [0.717, 1.165) is 24.2 Å². The molecule has 0 radical (unpaired) electrons. The molecule has 0 atom stereocenters. The fourth-order valence-corrected chi connectivity index (χ4v) is 1.96. The van der Waals surface area contributed by atoms with Crippen molar-refractivity contribution in [3.63, 3.8) is 0 Å². The summed E-state index contributed by atoms with van der Waals surface area (Å²) in [6.45, 7) is 0. The Labute approximate surface area is 122 Å². The minimum atomic E-state index is 0.0398. The van der Waals surface area contributed by atoms with Crippen LogP contribution in [0.5, 0.6) is 0 Å². The summed E-state index contributed by atoms with van der Waals surface area (Å²) in [5.41, 5.74) is 2.07. The molecule has 0 bridgehead atoms. The first-order chi connectivity index (χ1) is 10.3. The lowest BCUT2D eigenvalue weighted by Gasteiger charge is -2.08. The van der Waals surface area contributed by atoms with Crippen LogP contribution in [0, 0.1) is 17.2 Å². The summed E-state index contributed by atoms with van der Waals surface area (Å²) in [6.07, 6.45) is 3.57. The average Bonchev–Trinajstić information content (AvgIpc) is 3.34. The summed E-state index contributed by atoms with van der Waals surface area (Å²) in [4.78, 5) is 15.8. The number of carbonyl (C=O) groups is 1. The third kappa shape index (κ3) is 3.18. The maximum Gasteiger partial charge on any atom is 0.228 e. The van der Waals surface area contributed by atoms with Gasteiger partial charge in [0.05, 0.1) is 23.1 Å². The first kappa shape index (κ1) is 13.1. The summed E-state index contributed by atoms with van der Waals surface area (Å²) >= 11 is 0. The predicted octanol–water partition coefficient (Wildman–Crippen LogP) is 3.05. The number of rotatable bonds is 4. The van der Waals surface area contributed by atoms with Gasteiger partial charge in [0.15, 0.2) is 0 Å². The van der Waals surface area contributed by atoms with Crippen LogP contribution in [0.1, 0.15) is 18.4 Å². The number of hydrogen-bond acceptors (Lipinski definition) is 4. The van der Waals surface area contributed by atoms with Gasteiger partial charge in [-0.05, 0) is 37.1 Å². The molecule has 5 heteroatoms. The van der Waals surface area contributed by atoms with Crippen molar-refractivity contribution in [3.8, 4) is 6.07 Å². The molecule has 1 saturated carbocycles. The third-order valence-electron chi connectivity index (χ3n) is 3.29. The van der Waals surface area contributed by atoms with Crippen molar-refractivity contribution in [1.29, 1.82) is 5.26 Å². The van der Waals surface area contributed by atoms with Crippen LogP contribution >= 0.6 is 0 Å². The van der Waals surface area contributed by atoms with Gasteiger partial charge in [0, 0.05) is 5.92 Å². The lowest BCUT2D eigenvalue weighted by Crippen LogP contribution is -2.14. The van der Waals surface area contributed by atoms with E-state index in [0.29, 0.717) is 11.4 Å². The summed E-state index contributed by atoms with van der Waals surface area (Å²) in [5, 5.41) is 15.0. The quantitative estimate of drug-likeness (QED) is 0.901. The second-order valence-corrected chi connectivity index (χ2v) is 4.98. The Bertz CT molecular complexity index is 699. The van der Waals surface area contributed by atoms with Crippen LogP contribution in [0.25, 0.3) is 0 Å². The van der Waals surface area contributed by atoms with Gasteiger partial charge in [-0.1, -0.05) is 12.1 Å². The maximum atomic E-state index is 11.6. The highest BCUT2D eigenvalue weighted by Gasteiger charge is 2.29. The van der Waals surface area contributed by atoms with E-state index in [1.54, 1.807) is 18.3 Å². The Morgan fingerprint density at radius 1 is 1.24 bits per heavy atom. The molecule has 1 heterocycles. The molecular weight excluding hydrogens is 264 g/mol. The van der Waals surface area contributed by atoms with Crippen LogP contribution in [-0.2, 0) is 4.79 Å². The highest BCUT2D eigenvalue weighted by atomic mass is 16.2. The molecule has 3 rings (SSSR count). The first-order valence-corrected chi connectivity index (χ1v) is 6.79. The number of nitrogens with one attached hydrogen (secondary N) is 2. The van der Waals surface area contributed by atoms with Crippen LogP contribution in [-0.4, -0.2) is 10.9 Å². The molecule has 21 heavy (non-hydrogen) atoms. The minimum Gasteiger partial charge on any atom is -0.353 e. The predicted molar refractivity (Wildman–Crippen MR) is 80.0 cm³/mol. The number of nitriles is 1. The second kappa shape index (κ2) is 5.63. The average molecular weight is 278 g/mol. The summed E-state index contributed by atoms with van der Waals surface area (Å²) < 4.78 is 0. The van der Waals surface area contributed by atoms with E-state index < -0.39 is 0 Å². The van der Waals surface area contributed by atoms with Gasteiger partial charge in [-0.2, -0.15) is 5.26 Å². The van der Waals surface area contributed by atoms with Crippen molar-refractivity contribution in [2.24, 2.45) is 5.92 Å². The Morgan fingerprint density at radius 2 is 2.05 bits per heavy atom. The van der Waals surface area contributed by atoms with E-state index in [9.17, 15) is 4.79 Å². The number of para-hydroxylation sites is 1. The van der Waals surface area contributed by atoms with Crippen molar-refractivity contribution >= 4 is 23.1 Å². The molecule has 0 unspecified atom stereocenters. The molecule has 1 aliphatic carbocycles. The minimum absolute atomic E-state index is 0.0398. The largest absolute Gasteiger partial charge is 0.353 e. The van der Waals surface area contributed by atoms with Gasteiger partial charge in [0.2, 0.25) is 5.91 Å². The zero-order chi connectivity index (χ0) is 14.7.